The fourth-order valence-corrected chi connectivity index (χ4v) is 1.74. The first-order chi connectivity index (χ1) is 9.54. The molecule has 0 radical (unpaired) electrons. The monoisotopic (exact) mass is 274 g/mol. The van der Waals surface area contributed by atoms with Crippen LogP contribution in [0.1, 0.15) is 15.9 Å². The second-order valence-electron chi connectivity index (χ2n) is 4.29. The number of benzene rings is 1. The molecule has 0 aliphatic carbocycles. The van der Waals surface area contributed by atoms with E-state index in [9.17, 15) is 14.7 Å². The highest BCUT2D eigenvalue weighted by atomic mass is 16.3. The van der Waals surface area contributed by atoms with Crippen molar-refractivity contribution in [1.82, 2.24) is 10.3 Å². The van der Waals surface area contributed by atoms with E-state index in [1.54, 1.807) is 24.3 Å². The van der Waals surface area contributed by atoms with Crippen LogP contribution in [0, 0.1) is 0 Å². The van der Waals surface area contributed by atoms with Gasteiger partial charge < -0.3 is 15.5 Å². The second kappa shape index (κ2) is 5.92. The maximum Gasteiger partial charge on any atom is 0.251 e. The van der Waals surface area contributed by atoms with E-state index in [2.05, 4.69) is 10.3 Å². The molecule has 0 unspecified atom stereocenters. The Bertz CT molecular complexity index is 662. The van der Waals surface area contributed by atoms with Gasteiger partial charge in [0, 0.05) is 18.7 Å². The van der Waals surface area contributed by atoms with Gasteiger partial charge in [-0.2, -0.15) is 0 Å². The van der Waals surface area contributed by atoms with Gasteiger partial charge in [0.1, 0.15) is 5.75 Å². The zero-order valence-electron chi connectivity index (χ0n) is 10.6. The number of amides is 1. The van der Waals surface area contributed by atoms with Gasteiger partial charge in [-0.15, -0.1) is 0 Å². The number of aromatic hydroxyl groups is 2. The Labute approximate surface area is 114 Å². The summed E-state index contributed by atoms with van der Waals surface area (Å²) in [4.78, 5) is 25.1. The van der Waals surface area contributed by atoms with Crippen LogP contribution in [0.4, 0.5) is 0 Å². The van der Waals surface area contributed by atoms with Crippen LogP contribution in [-0.4, -0.2) is 27.6 Å². The van der Waals surface area contributed by atoms with Crippen molar-refractivity contribution in [2.45, 2.75) is 6.42 Å². The molecule has 20 heavy (non-hydrogen) atoms. The summed E-state index contributed by atoms with van der Waals surface area (Å²) in [6, 6.07) is 8.99. The molecule has 2 aromatic rings. The minimum absolute atomic E-state index is 0.108. The number of hydrogen-bond acceptors (Lipinski definition) is 4. The van der Waals surface area contributed by atoms with E-state index in [1.165, 1.54) is 6.07 Å². The third-order valence-electron chi connectivity index (χ3n) is 2.73. The fraction of sp³-hybridized carbons (Fsp3) is 0.143. The molecule has 2 rings (SSSR count). The van der Waals surface area contributed by atoms with Gasteiger partial charge in [-0.1, -0.05) is 12.1 Å². The Kier molecular flexibility index (Phi) is 4.05. The van der Waals surface area contributed by atoms with Gasteiger partial charge in [-0.3, -0.25) is 14.6 Å². The van der Waals surface area contributed by atoms with Gasteiger partial charge in [-0.05, 0) is 24.1 Å². The summed E-state index contributed by atoms with van der Waals surface area (Å²) >= 11 is 0. The van der Waals surface area contributed by atoms with E-state index in [0.29, 0.717) is 13.0 Å². The maximum absolute atomic E-state index is 11.8. The summed E-state index contributed by atoms with van der Waals surface area (Å²) in [6.07, 6.45) is 0.598. The Hall–Kier alpha value is -2.76. The van der Waals surface area contributed by atoms with Gasteiger partial charge in [0.15, 0.2) is 5.88 Å². The van der Waals surface area contributed by atoms with Gasteiger partial charge in [0.2, 0.25) is 0 Å². The predicted molar refractivity (Wildman–Crippen MR) is 72.9 cm³/mol. The maximum atomic E-state index is 11.8. The molecule has 0 spiro atoms. The number of H-pyrrole nitrogens is 1. The standard InChI is InChI=1S/C14H14N2O4/c17-11-3-1-9(2-4-11)5-6-15-14(20)10-7-12(18)16-13(19)8-10/h1-4,7-8,17H,5-6H2,(H,15,20)(H2,16,18,19). The van der Waals surface area contributed by atoms with E-state index >= 15 is 0 Å². The number of aromatic amines is 1. The van der Waals surface area contributed by atoms with Crippen molar-refractivity contribution in [2.24, 2.45) is 0 Å². The van der Waals surface area contributed by atoms with Crippen molar-refractivity contribution in [2.75, 3.05) is 6.54 Å². The molecule has 0 atom stereocenters. The molecule has 1 aromatic heterocycles. The van der Waals surface area contributed by atoms with Crippen LogP contribution in [0.3, 0.4) is 0 Å². The molecule has 6 nitrogen and oxygen atoms in total. The smallest absolute Gasteiger partial charge is 0.251 e. The summed E-state index contributed by atoms with van der Waals surface area (Å²) < 4.78 is 0. The Morgan fingerprint density at radius 2 is 1.85 bits per heavy atom. The number of phenols is 1. The molecule has 0 aliphatic rings. The number of pyridine rings is 1. The van der Waals surface area contributed by atoms with E-state index in [4.69, 9.17) is 5.11 Å². The van der Waals surface area contributed by atoms with Crippen LogP contribution < -0.4 is 10.9 Å². The van der Waals surface area contributed by atoms with E-state index in [1.807, 2.05) is 0 Å². The lowest BCUT2D eigenvalue weighted by molar-refractivity contribution is 0.0953. The van der Waals surface area contributed by atoms with Gasteiger partial charge in [0.25, 0.3) is 11.5 Å². The molecule has 4 N–H and O–H groups in total. The second-order valence-corrected chi connectivity index (χ2v) is 4.29. The lowest BCUT2D eigenvalue weighted by atomic mass is 10.1. The number of nitrogens with one attached hydrogen (secondary N) is 2. The first-order valence-corrected chi connectivity index (χ1v) is 6.04. The minimum atomic E-state index is -0.534. The summed E-state index contributed by atoms with van der Waals surface area (Å²) in [5, 5.41) is 21.0. The summed E-state index contributed by atoms with van der Waals surface area (Å²) in [6.45, 7) is 0.386. The van der Waals surface area contributed by atoms with Gasteiger partial charge in [0.05, 0.1) is 5.56 Å². The van der Waals surface area contributed by atoms with Crippen molar-refractivity contribution in [3.05, 3.63) is 57.9 Å². The summed E-state index contributed by atoms with van der Waals surface area (Å²) in [5.41, 5.74) is 0.544. The Morgan fingerprint density at radius 3 is 2.50 bits per heavy atom. The molecule has 0 saturated carbocycles. The number of rotatable bonds is 4. The van der Waals surface area contributed by atoms with Gasteiger partial charge >= 0.3 is 0 Å². The van der Waals surface area contributed by atoms with Crippen LogP contribution in [-0.2, 0) is 6.42 Å². The van der Waals surface area contributed by atoms with Crippen LogP contribution >= 0.6 is 0 Å². The third-order valence-corrected chi connectivity index (χ3v) is 2.73. The van der Waals surface area contributed by atoms with Gasteiger partial charge in [-0.25, -0.2) is 0 Å². The van der Waals surface area contributed by atoms with E-state index in [0.717, 1.165) is 11.6 Å². The van der Waals surface area contributed by atoms with Crippen molar-refractivity contribution < 1.29 is 15.0 Å². The molecule has 0 fully saturated rings. The zero-order valence-corrected chi connectivity index (χ0v) is 10.6. The minimum Gasteiger partial charge on any atom is -0.508 e. The molecule has 1 aromatic carbocycles. The average molecular weight is 274 g/mol. The normalized spacial score (nSPS) is 10.2. The van der Waals surface area contributed by atoms with Crippen molar-refractivity contribution in [1.29, 1.82) is 0 Å². The lowest BCUT2D eigenvalue weighted by Crippen LogP contribution is -2.26. The summed E-state index contributed by atoms with van der Waals surface area (Å²) in [7, 11) is 0. The van der Waals surface area contributed by atoms with Crippen LogP contribution in [0.15, 0.2) is 41.2 Å². The Morgan fingerprint density at radius 1 is 1.15 bits per heavy atom. The van der Waals surface area contributed by atoms with Crippen molar-refractivity contribution in [3.8, 4) is 11.6 Å². The molecule has 104 valence electrons. The molecule has 0 saturated heterocycles. The SMILES string of the molecule is O=C(NCCc1ccc(O)cc1)c1cc(O)[nH]c(=O)c1. The predicted octanol–water partition coefficient (Wildman–Crippen LogP) is 0.759. The summed E-state index contributed by atoms with van der Waals surface area (Å²) in [5.74, 6) is -0.580. The lowest BCUT2D eigenvalue weighted by Gasteiger charge is -2.05. The number of carbonyl (C=O) groups is 1. The number of phenolic OH excluding ortho intramolecular Hbond substituents is 1. The van der Waals surface area contributed by atoms with E-state index < -0.39 is 11.5 Å². The number of aromatic nitrogens is 1. The Balaban J connectivity index is 1.92. The first kappa shape index (κ1) is 13.7. The highest BCUT2D eigenvalue weighted by Gasteiger charge is 2.07. The molecule has 0 aliphatic heterocycles. The van der Waals surface area contributed by atoms with E-state index in [-0.39, 0.29) is 17.2 Å². The molecule has 1 amide bonds. The molecular formula is C14H14N2O4. The van der Waals surface area contributed by atoms with Crippen molar-refractivity contribution >= 4 is 5.91 Å². The fourth-order valence-electron chi connectivity index (χ4n) is 1.74. The average Bonchev–Trinajstić information content (AvgIpc) is 2.40. The molecule has 1 heterocycles. The zero-order chi connectivity index (χ0) is 14.5. The third kappa shape index (κ3) is 3.61. The topological polar surface area (TPSA) is 102 Å². The molecule has 6 heteroatoms. The first-order valence-electron chi connectivity index (χ1n) is 6.04. The highest BCUT2D eigenvalue weighted by molar-refractivity contribution is 5.94. The molecular weight excluding hydrogens is 260 g/mol. The molecule has 0 bridgehead atoms. The van der Waals surface area contributed by atoms with Crippen LogP contribution in [0.2, 0.25) is 0 Å². The largest absolute Gasteiger partial charge is 0.508 e. The highest BCUT2D eigenvalue weighted by Crippen LogP contribution is 2.09. The number of carbonyl (C=O) groups excluding carboxylic acids is 1. The van der Waals surface area contributed by atoms with Crippen molar-refractivity contribution in [3.63, 3.8) is 0 Å². The van der Waals surface area contributed by atoms with Crippen LogP contribution in [0.25, 0.3) is 0 Å². The quantitative estimate of drug-likeness (QED) is 0.661. The number of hydrogen-bond donors (Lipinski definition) is 4. The van der Waals surface area contributed by atoms with Crippen LogP contribution in [0.5, 0.6) is 11.6 Å².